The van der Waals surface area contributed by atoms with Crippen LogP contribution in [0.25, 0.3) is 0 Å². The largest absolute Gasteiger partial charge is 0.320 e. The summed E-state index contributed by atoms with van der Waals surface area (Å²) in [7, 11) is 0. The van der Waals surface area contributed by atoms with Crippen molar-refractivity contribution in [2.24, 2.45) is 5.73 Å². The van der Waals surface area contributed by atoms with Crippen molar-refractivity contribution in [1.82, 2.24) is 0 Å². The highest BCUT2D eigenvalue weighted by Crippen LogP contribution is 2.33. The fraction of sp³-hybridized carbons (Fsp3) is 0.286. The fourth-order valence-electron chi connectivity index (χ4n) is 2.46. The summed E-state index contributed by atoms with van der Waals surface area (Å²) in [5, 5.41) is 2.77. The van der Waals surface area contributed by atoms with Gasteiger partial charge in [-0.25, -0.2) is 0 Å². The first-order valence-electron chi connectivity index (χ1n) is 5.86. The summed E-state index contributed by atoms with van der Waals surface area (Å²) in [5.74, 6) is 0. The molecule has 2 N–H and O–H groups in total. The summed E-state index contributed by atoms with van der Waals surface area (Å²) in [5.41, 5.74) is 10.4. The molecule has 0 radical (unpaired) electrons. The average Bonchev–Trinajstić information content (AvgIpc) is 2.95. The molecule has 3 rings (SSSR count). The van der Waals surface area contributed by atoms with Crippen LogP contribution in [-0.2, 0) is 12.8 Å². The lowest BCUT2D eigenvalue weighted by molar-refractivity contribution is 0.887. The van der Waals surface area contributed by atoms with Crippen LogP contribution in [0.5, 0.6) is 0 Å². The Hall–Kier alpha value is -0.830. The van der Waals surface area contributed by atoms with E-state index >= 15 is 0 Å². The van der Waals surface area contributed by atoms with E-state index in [0.29, 0.717) is 0 Å². The number of halogens is 1. The van der Waals surface area contributed by atoms with E-state index in [4.69, 9.17) is 17.3 Å². The van der Waals surface area contributed by atoms with E-state index in [-0.39, 0.29) is 6.04 Å². The summed E-state index contributed by atoms with van der Waals surface area (Å²) < 4.78 is 0. The van der Waals surface area contributed by atoms with E-state index in [1.165, 1.54) is 36.0 Å². The van der Waals surface area contributed by atoms with E-state index in [2.05, 4.69) is 18.2 Å². The maximum Gasteiger partial charge on any atom is 0.0661 e. The molecule has 1 aromatic carbocycles. The van der Waals surface area contributed by atoms with E-state index < -0.39 is 0 Å². The smallest absolute Gasteiger partial charge is 0.0661 e. The van der Waals surface area contributed by atoms with Gasteiger partial charge in [-0.05, 0) is 47.4 Å². The molecule has 0 bridgehead atoms. The fourth-order valence-corrected chi connectivity index (χ4v) is 3.67. The first-order chi connectivity index (χ1) is 8.25. The highest BCUT2D eigenvalue weighted by molar-refractivity contribution is 7.10. The SMILES string of the molecule is NC(c1ccc2c(c1)CCC2)c1sccc1Cl. The highest BCUT2D eigenvalue weighted by Gasteiger charge is 2.17. The molecule has 3 heteroatoms. The molecular formula is C14H14ClNS. The topological polar surface area (TPSA) is 26.0 Å². The number of hydrogen-bond donors (Lipinski definition) is 1. The molecule has 17 heavy (non-hydrogen) atoms. The Morgan fingerprint density at radius 2 is 2.00 bits per heavy atom. The molecule has 1 unspecified atom stereocenters. The molecule has 1 aromatic heterocycles. The van der Waals surface area contributed by atoms with Crippen LogP contribution in [0.2, 0.25) is 5.02 Å². The van der Waals surface area contributed by atoms with E-state index in [1.54, 1.807) is 11.3 Å². The zero-order chi connectivity index (χ0) is 11.8. The van der Waals surface area contributed by atoms with Crippen LogP contribution >= 0.6 is 22.9 Å². The molecule has 1 atom stereocenters. The van der Waals surface area contributed by atoms with E-state index in [1.807, 2.05) is 11.4 Å². The Balaban J connectivity index is 1.97. The minimum Gasteiger partial charge on any atom is -0.320 e. The van der Waals surface area contributed by atoms with Gasteiger partial charge in [0, 0.05) is 4.88 Å². The van der Waals surface area contributed by atoms with Gasteiger partial charge in [-0.15, -0.1) is 11.3 Å². The molecule has 1 nitrogen and oxygen atoms in total. The highest BCUT2D eigenvalue weighted by atomic mass is 35.5. The molecule has 0 amide bonds. The number of aryl methyl sites for hydroxylation is 2. The van der Waals surface area contributed by atoms with Crippen LogP contribution in [0, 0.1) is 0 Å². The third kappa shape index (κ3) is 2.01. The molecule has 1 aliphatic rings. The van der Waals surface area contributed by atoms with Crippen molar-refractivity contribution >= 4 is 22.9 Å². The normalized spacial score (nSPS) is 15.9. The van der Waals surface area contributed by atoms with Gasteiger partial charge < -0.3 is 5.73 Å². The summed E-state index contributed by atoms with van der Waals surface area (Å²) >= 11 is 7.76. The van der Waals surface area contributed by atoms with Gasteiger partial charge in [-0.3, -0.25) is 0 Å². The molecule has 0 fully saturated rings. The van der Waals surface area contributed by atoms with Crippen LogP contribution in [0.3, 0.4) is 0 Å². The van der Waals surface area contributed by atoms with Crippen LogP contribution in [-0.4, -0.2) is 0 Å². The lowest BCUT2D eigenvalue weighted by Gasteiger charge is -2.12. The van der Waals surface area contributed by atoms with Crippen molar-refractivity contribution in [3.05, 3.63) is 56.2 Å². The van der Waals surface area contributed by atoms with Gasteiger partial charge in [0.05, 0.1) is 11.1 Å². The number of hydrogen-bond acceptors (Lipinski definition) is 2. The molecule has 2 aromatic rings. The first kappa shape index (κ1) is 11.3. The molecule has 88 valence electrons. The quantitative estimate of drug-likeness (QED) is 0.873. The third-order valence-electron chi connectivity index (χ3n) is 3.41. The Kier molecular flexibility index (Phi) is 2.95. The van der Waals surface area contributed by atoms with Gasteiger partial charge in [0.25, 0.3) is 0 Å². The maximum absolute atomic E-state index is 6.28. The zero-order valence-electron chi connectivity index (χ0n) is 9.45. The predicted molar refractivity (Wildman–Crippen MR) is 73.8 cm³/mol. The van der Waals surface area contributed by atoms with Gasteiger partial charge >= 0.3 is 0 Å². The second-order valence-corrected chi connectivity index (χ2v) is 5.85. The number of rotatable bonds is 2. The number of fused-ring (bicyclic) bond motifs is 1. The summed E-state index contributed by atoms with van der Waals surface area (Å²) in [6.07, 6.45) is 3.67. The van der Waals surface area contributed by atoms with Crippen molar-refractivity contribution in [3.63, 3.8) is 0 Å². The van der Waals surface area contributed by atoms with Crippen molar-refractivity contribution < 1.29 is 0 Å². The Morgan fingerprint density at radius 1 is 1.18 bits per heavy atom. The first-order valence-corrected chi connectivity index (χ1v) is 7.11. The second-order valence-electron chi connectivity index (χ2n) is 4.49. The zero-order valence-corrected chi connectivity index (χ0v) is 11.0. The maximum atomic E-state index is 6.28. The molecule has 0 spiro atoms. The van der Waals surface area contributed by atoms with Crippen LogP contribution < -0.4 is 5.73 Å². The van der Waals surface area contributed by atoms with Crippen molar-refractivity contribution in [2.75, 3.05) is 0 Å². The second kappa shape index (κ2) is 4.45. The molecule has 0 saturated heterocycles. The summed E-state index contributed by atoms with van der Waals surface area (Å²) in [4.78, 5) is 1.06. The number of thiophene rings is 1. The van der Waals surface area contributed by atoms with Crippen molar-refractivity contribution in [3.8, 4) is 0 Å². The summed E-state index contributed by atoms with van der Waals surface area (Å²) in [6.45, 7) is 0. The van der Waals surface area contributed by atoms with E-state index in [0.717, 1.165) is 9.90 Å². The predicted octanol–water partition coefficient (Wildman–Crippen LogP) is 3.94. The van der Waals surface area contributed by atoms with Gasteiger partial charge in [-0.2, -0.15) is 0 Å². The molecule has 1 heterocycles. The number of nitrogens with two attached hydrogens (primary N) is 1. The number of benzene rings is 1. The molecule has 0 aliphatic heterocycles. The van der Waals surface area contributed by atoms with Crippen LogP contribution in [0.15, 0.2) is 29.6 Å². The minimum absolute atomic E-state index is 0.0894. The Bertz CT molecular complexity index is 547. The standard InChI is InChI=1S/C14H14ClNS/c15-12-6-7-17-14(12)13(16)11-5-4-9-2-1-3-10(9)8-11/h4-8,13H,1-3,16H2. The van der Waals surface area contributed by atoms with Crippen molar-refractivity contribution in [2.45, 2.75) is 25.3 Å². The van der Waals surface area contributed by atoms with E-state index in [9.17, 15) is 0 Å². The molecule has 1 aliphatic carbocycles. The Labute approximate surface area is 110 Å². The van der Waals surface area contributed by atoms with Crippen LogP contribution in [0.1, 0.15) is 34.0 Å². The lowest BCUT2D eigenvalue weighted by atomic mass is 10.0. The minimum atomic E-state index is -0.0894. The van der Waals surface area contributed by atoms with Gasteiger partial charge in [0.1, 0.15) is 0 Å². The monoisotopic (exact) mass is 263 g/mol. The van der Waals surface area contributed by atoms with Crippen molar-refractivity contribution in [1.29, 1.82) is 0 Å². The van der Waals surface area contributed by atoms with Gasteiger partial charge in [0.15, 0.2) is 0 Å². The third-order valence-corrected chi connectivity index (χ3v) is 4.85. The molecular weight excluding hydrogens is 250 g/mol. The average molecular weight is 264 g/mol. The summed E-state index contributed by atoms with van der Waals surface area (Å²) in [6, 6.07) is 8.44. The lowest BCUT2D eigenvalue weighted by Crippen LogP contribution is -2.11. The Morgan fingerprint density at radius 3 is 2.76 bits per heavy atom. The van der Waals surface area contributed by atoms with Crippen LogP contribution in [0.4, 0.5) is 0 Å². The van der Waals surface area contributed by atoms with Gasteiger partial charge in [0.2, 0.25) is 0 Å². The van der Waals surface area contributed by atoms with Gasteiger partial charge in [-0.1, -0.05) is 29.8 Å². The molecule has 0 saturated carbocycles.